The van der Waals surface area contributed by atoms with E-state index in [0.717, 1.165) is 0 Å². The van der Waals surface area contributed by atoms with Crippen LogP contribution in [-0.2, 0) is 9.53 Å². The number of aliphatic hydroxyl groups is 1. The first-order chi connectivity index (χ1) is 5.54. The van der Waals surface area contributed by atoms with Crippen molar-refractivity contribution in [1.82, 2.24) is 0 Å². The van der Waals surface area contributed by atoms with E-state index in [-0.39, 0.29) is 6.61 Å². The lowest BCUT2D eigenvalue weighted by molar-refractivity contribution is -0.140. The fraction of sp³-hybridized carbons (Fsp3) is 0.857. The first-order valence-corrected chi connectivity index (χ1v) is 3.78. The van der Waals surface area contributed by atoms with Crippen molar-refractivity contribution in [2.75, 3.05) is 13.2 Å². The first-order valence-electron chi connectivity index (χ1n) is 3.78. The fourth-order valence-corrected chi connectivity index (χ4v) is 0.535. The van der Waals surface area contributed by atoms with E-state index in [0.29, 0.717) is 13.0 Å². The molecule has 5 nitrogen and oxygen atoms in total. The highest BCUT2D eigenvalue weighted by molar-refractivity contribution is 5.73. The Hall–Kier alpha value is -0.650. The van der Waals surface area contributed by atoms with Crippen LogP contribution in [-0.4, -0.2) is 41.5 Å². The number of hydrogen-bond acceptors (Lipinski definition) is 4. The lowest BCUT2D eigenvalue weighted by Gasteiger charge is -2.08. The van der Waals surface area contributed by atoms with Gasteiger partial charge in [0.2, 0.25) is 0 Å². The molecule has 0 aliphatic rings. The van der Waals surface area contributed by atoms with Crippen LogP contribution in [0.1, 0.15) is 13.3 Å². The Balaban J connectivity index is 3.25. The minimum absolute atomic E-state index is 0.0119. The Labute approximate surface area is 71.1 Å². The predicted octanol–water partition coefficient (Wildman–Crippen LogP) is -0.814. The molecule has 12 heavy (non-hydrogen) atoms. The van der Waals surface area contributed by atoms with Gasteiger partial charge in [-0.1, -0.05) is 0 Å². The van der Waals surface area contributed by atoms with Crippen LogP contribution in [0.15, 0.2) is 0 Å². The molecule has 5 heteroatoms. The van der Waals surface area contributed by atoms with Gasteiger partial charge in [0.1, 0.15) is 6.04 Å². The van der Waals surface area contributed by atoms with E-state index in [1.807, 2.05) is 0 Å². The highest BCUT2D eigenvalue weighted by Crippen LogP contribution is 1.91. The van der Waals surface area contributed by atoms with Crippen molar-refractivity contribution in [2.45, 2.75) is 25.5 Å². The topological polar surface area (TPSA) is 92.8 Å². The van der Waals surface area contributed by atoms with Gasteiger partial charge in [0, 0.05) is 6.61 Å². The number of rotatable bonds is 6. The Kier molecular flexibility index (Phi) is 5.61. The summed E-state index contributed by atoms with van der Waals surface area (Å²) in [4.78, 5) is 10.2. The summed E-state index contributed by atoms with van der Waals surface area (Å²) in [5.74, 6) is -1.08. The number of ether oxygens (including phenoxy) is 1. The zero-order chi connectivity index (χ0) is 9.56. The van der Waals surface area contributed by atoms with Crippen LogP contribution < -0.4 is 5.73 Å². The number of hydrogen-bond donors (Lipinski definition) is 3. The van der Waals surface area contributed by atoms with Gasteiger partial charge in [0.05, 0.1) is 12.7 Å². The van der Waals surface area contributed by atoms with E-state index in [1.54, 1.807) is 6.92 Å². The molecule has 0 aliphatic heterocycles. The molecule has 0 fully saturated rings. The number of carboxylic acid groups (broad SMARTS) is 1. The smallest absolute Gasteiger partial charge is 0.322 e. The molecule has 0 saturated carbocycles. The maximum Gasteiger partial charge on any atom is 0.322 e. The first kappa shape index (κ1) is 11.4. The Morgan fingerprint density at radius 3 is 2.67 bits per heavy atom. The SMILES string of the molecule is CC(O)CCOCC(N)C(=O)O. The normalized spacial score (nSPS) is 15.6. The Bertz CT molecular complexity index is 137. The molecule has 0 saturated heterocycles. The molecule has 4 N–H and O–H groups in total. The second-order valence-corrected chi connectivity index (χ2v) is 2.66. The van der Waals surface area contributed by atoms with Crippen molar-refractivity contribution in [2.24, 2.45) is 5.73 Å². The van der Waals surface area contributed by atoms with Gasteiger partial charge >= 0.3 is 5.97 Å². The summed E-state index contributed by atoms with van der Waals surface area (Å²) < 4.78 is 4.90. The quantitative estimate of drug-likeness (QED) is 0.461. The molecule has 0 rings (SSSR count). The Morgan fingerprint density at radius 2 is 2.25 bits per heavy atom. The molecule has 0 aromatic rings. The summed E-state index contributed by atoms with van der Waals surface area (Å²) in [5, 5.41) is 17.1. The van der Waals surface area contributed by atoms with Gasteiger partial charge in [0.25, 0.3) is 0 Å². The Morgan fingerprint density at radius 1 is 1.67 bits per heavy atom. The monoisotopic (exact) mass is 177 g/mol. The van der Waals surface area contributed by atoms with Crippen molar-refractivity contribution in [3.05, 3.63) is 0 Å². The molecule has 0 aromatic heterocycles. The average Bonchev–Trinajstić information content (AvgIpc) is 1.97. The van der Waals surface area contributed by atoms with Crippen LogP contribution in [0.3, 0.4) is 0 Å². The maximum atomic E-state index is 10.2. The van der Waals surface area contributed by atoms with E-state index in [9.17, 15) is 4.79 Å². The number of aliphatic hydroxyl groups excluding tert-OH is 1. The van der Waals surface area contributed by atoms with Gasteiger partial charge in [-0.15, -0.1) is 0 Å². The third-order valence-corrected chi connectivity index (χ3v) is 1.29. The molecule has 72 valence electrons. The van der Waals surface area contributed by atoms with E-state index in [4.69, 9.17) is 20.7 Å². The van der Waals surface area contributed by atoms with Crippen molar-refractivity contribution in [3.8, 4) is 0 Å². The molecular formula is C7H15NO4. The van der Waals surface area contributed by atoms with Gasteiger partial charge in [-0.25, -0.2) is 0 Å². The zero-order valence-corrected chi connectivity index (χ0v) is 7.06. The third kappa shape index (κ3) is 6.09. The molecule has 2 atom stereocenters. The summed E-state index contributed by atoms with van der Waals surface area (Å²) in [6, 6.07) is -0.973. The predicted molar refractivity (Wildman–Crippen MR) is 42.7 cm³/mol. The van der Waals surface area contributed by atoms with Crippen LogP contribution in [0.25, 0.3) is 0 Å². The molecule has 0 radical (unpaired) electrons. The second-order valence-electron chi connectivity index (χ2n) is 2.66. The standard InChI is InChI=1S/C7H15NO4/c1-5(9)2-3-12-4-6(8)7(10)11/h5-6,9H,2-4,8H2,1H3,(H,10,11). The van der Waals surface area contributed by atoms with Crippen molar-refractivity contribution >= 4 is 5.97 Å². The second kappa shape index (κ2) is 5.93. The van der Waals surface area contributed by atoms with E-state index >= 15 is 0 Å². The molecule has 0 spiro atoms. The average molecular weight is 177 g/mol. The van der Waals surface area contributed by atoms with Crippen molar-refractivity contribution in [3.63, 3.8) is 0 Å². The summed E-state index contributed by atoms with van der Waals surface area (Å²) in [5.41, 5.74) is 5.15. The van der Waals surface area contributed by atoms with E-state index in [2.05, 4.69) is 0 Å². The number of aliphatic carboxylic acids is 1. The van der Waals surface area contributed by atoms with Crippen LogP contribution in [0.2, 0.25) is 0 Å². The zero-order valence-electron chi connectivity index (χ0n) is 7.06. The third-order valence-electron chi connectivity index (χ3n) is 1.29. The van der Waals surface area contributed by atoms with E-state index < -0.39 is 18.1 Å². The van der Waals surface area contributed by atoms with E-state index in [1.165, 1.54) is 0 Å². The minimum Gasteiger partial charge on any atom is -0.480 e. The highest BCUT2D eigenvalue weighted by Gasteiger charge is 2.10. The van der Waals surface area contributed by atoms with Crippen molar-refractivity contribution < 1.29 is 19.7 Å². The van der Waals surface area contributed by atoms with Crippen LogP contribution >= 0.6 is 0 Å². The van der Waals surface area contributed by atoms with Crippen LogP contribution in [0.5, 0.6) is 0 Å². The van der Waals surface area contributed by atoms with Gasteiger partial charge in [0.15, 0.2) is 0 Å². The molecule has 0 amide bonds. The lowest BCUT2D eigenvalue weighted by Crippen LogP contribution is -2.35. The molecule has 0 aromatic carbocycles. The highest BCUT2D eigenvalue weighted by atomic mass is 16.5. The summed E-state index contributed by atoms with van der Waals surface area (Å²) >= 11 is 0. The molecule has 0 bridgehead atoms. The van der Waals surface area contributed by atoms with Crippen LogP contribution in [0, 0.1) is 0 Å². The molecule has 2 unspecified atom stereocenters. The minimum atomic E-state index is -1.08. The summed E-state index contributed by atoms with van der Waals surface area (Å²) in [6.07, 6.45) is 0.0674. The number of carbonyl (C=O) groups is 1. The fourth-order valence-electron chi connectivity index (χ4n) is 0.535. The van der Waals surface area contributed by atoms with Gasteiger partial charge in [-0.2, -0.15) is 0 Å². The molecule has 0 aliphatic carbocycles. The largest absolute Gasteiger partial charge is 0.480 e. The number of carboxylic acids is 1. The van der Waals surface area contributed by atoms with Crippen molar-refractivity contribution in [1.29, 1.82) is 0 Å². The summed E-state index contributed by atoms with van der Waals surface area (Å²) in [6.45, 7) is 1.96. The summed E-state index contributed by atoms with van der Waals surface area (Å²) in [7, 11) is 0. The van der Waals surface area contributed by atoms with Gasteiger partial charge in [-0.3, -0.25) is 4.79 Å². The molecular weight excluding hydrogens is 162 g/mol. The van der Waals surface area contributed by atoms with Gasteiger partial charge < -0.3 is 20.7 Å². The van der Waals surface area contributed by atoms with Gasteiger partial charge in [-0.05, 0) is 13.3 Å². The maximum absolute atomic E-state index is 10.2. The lowest BCUT2D eigenvalue weighted by atomic mass is 10.3. The van der Waals surface area contributed by atoms with Crippen LogP contribution in [0.4, 0.5) is 0 Å². The molecule has 0 heterocycles. The number of nitrogens with two attached hydrogens (primary N) is 1.